The van der Waals surface area contributed by atoms with E-state index in [4.69, 9.17) is 31.0 Å². The van der Waals surface area contributed by atoms with Crippen LogP contribution in [0, 0.1) is 0 Å². The number of phenols is 2. The molecular formula is C54H79ClN4O6S2. The molecule has 0 aliphatic carbocycles. The molecule has 2 aliphatic rings. The summed E-state index contributed by atoms with van der Waals surface area (Å²) in [5.74, 6) is 1.36. The van der Waals surface area contributed by atoms with E-state index in [-0.39, 0.29) is 39.8 Å². The predicted octanol–water partition coefficient (Wildman–Crippen LogP) is 15.1. The van der Waals surface area contributed by atoms with Crippen LogP contribution in [0.25, 0.3) is 22.5 Å². The number of thiazole rings is 2. The van der Waals surface area contributed by atoms with E-state index in [0.717, 1.165) is 80.5 Å². The zero-order chi connectivity index (χ0) is 50.4. The zero-order valence-electron chi connectivity index (χ0n) is 43.7. The fourth-order valence-electron chi connectivity index (χ4n) is 8.39. The van der Waals surface area contributed by atoms with Gasteiger partial charge in [-0.05, 0) is 113 Å². The quantitative estimate of drug-likeness (QED) is 0.207. The van der Waals surface area contributed by atoms with Crippen LogP contribution in [0.5, 0.6) is 11.5 Å². The fraction of sp³-hybridized carbons (Fsp3) is 0.630. The highest BCUT2D eigenvalue weighted by Gasteiger charge is 2.33. The number of ether oxygens (including phenoxy) is 2. The topological polar surface area (TPSA) is 125 Å². The number of amides is 2. The first-order chi connectivity index (χ1) is 30.5. The van der Waals surface area contributed by atoms with Crippen LogP contribution in [0.3, 0.4) is 0 Å². The fourth-order valence-corrected chi connectivity index (χ4v) is 10.8. The number of carbonyl (C=O) groups is 2. The second-order valence-corrected chi connectivity index (χ2v) is 27.1. The lowest BCUT2D eigenvalue weighted by atomic mass is 9.78. The molecule has 67 heavy (non-hydrogen) atoms. The first kappa shape index (κ1) is 54.1. The molecular weight excluding hydrogens is 900 g/mol. The first-order valence-corrected chi connectivity index (χ1v) is 25.9. The van der Waals surface area contributed by atoms with Crippen LogP contribution in [0.4, 0.5) is 9.59 Å². The van der Waals surface area contributed by atoms with Crippen molar-refractivity contribution in [2.75, 3.05) is 26.2 Å². The Morgan fingerprint density at radius 3 is 1.25 bits per heavy atom. The Morgan fingerprint density at radius 1 is 0.567 bits per heavy atom. The number of likely N-dealkylation sites (tertiary alicyclic amines) is 2. The van der Waals surface area contributed by atoms with E-state index >= 15 is 0 Å². The molecule has 0 spiro atoms. The van der Waals surface area contributed by atoms with Crippen LogP contribution in [-0.4, -0.2) is 79.5 Å². The summed E-state index contributed by atoms with van der Waals surface area (Å²) in [7, 11) is 0. The van der Waals surface area contributed by atoms with E-state index in [0.29, 0.717) is 47.9 Å². The summed E-state index contributed by atoms with van der Waals surface area (Å²) in [6.45, 7) is 39.4. The third kappa shape index (κ3) is 13.9. The van der Waals surface area contributed by atoms with Gasteiger partial charge in [-0.3, -0.25) is 0 Å². The molecule has 0 unspecified atom stereocenters. The van der Waals surface area contributed by atoms with Gasteiger partial charge >= 0.3 is 12.2 Å². The van der Waals surface area contributed by atoms with Crippen LogP contribution < -0.4 is 0 Å². The van der Waals surface area contributed by atoms with Crippen molar-refractivity contribution in [2.45, 2.75) is 195 Å². The van der Waals surface area contributed by atoms with Crippen molar-refractivity contribution in [2.24, 2.45) is 0 Å². The minimum atomic E-state index is -0.492. The molecule has 6 rings (SSSR count). The number of hydrogen-bond acceptors (Lipinski definition) is 10. The molecule has 13 heteroatoms. The van der Waals surface area contributed by atoms with Gasteiger partial charge in [-0.25, -0.2) is 19.6 Å². The van der Waals surface area contributed by atoms with Crippen molar-refractivity contribution in [3.05, 3.63) is 66.3 Å². The lowest BCUT2D eigenvalue weighted by Crippen LogP contribution is -2.41. The predicted molar refractivity (Wildman–Crippen MR) is 278 cm³/mol. The van der Waals surface area contributed by atoms with Gasteiger partial charge < -0.3 is 29.5 Å². The highest BCUT2D eigenvalue weighted by atomic mass is 35.5. The Labute approximate surface area is 414 Å². The molecule has 2 aromatic heterocycles. The van der Waals surface area contributed by atoms with E-state index in [1.165, 1.54) is 11.3 Å². The average molecular weight is 980 g/mol. The molecule has 0 atom stereocenters. The normalized spacial score (nSPS) is 16.2. The number of piperidine rings is 2. The van der Waals surface area contributed by atoms with E-state index in [2.05, 4.69) is 101 Å². The van der Waals surface area contributed by atoms with Gasteiger partial charge in [-0.15, -0.1) is 22.7 Å². The number of carbonyl (C=O) groups excluding carboxylic acids is 2. The molecule has 2 amide bonds. The number of halogens is 1. The van der Waals surface area contributed by atoms with E-state index in [1.54, 1.807) is 16.2 Å². The lowest BCUT2D eigenvalue weighted by Gasteiger charge is -2.32. The molecule has 0 radical (unpaired) electrons. The minimum Gasteiger partial charge on any atom is -0.507 e. The van der Waals surface area contributed by atoms with E-state index in [9.17, 15) is 19.8 Å². The number of aromatic nitrogens is 2. The largest absolute Gasteiger partial charge is 0.507 e. The summed E-state index contributed by atoms with van der Waals surface area (Å²) in [4.78, 5) is 38.4. The number of rotatable bonds is 4. The van der Waals surface area contributed by atoms with Gasteiger partial charge in [0.2, 0.25) is 0 Å². The molecule has 0 bridgehead atoms. The van der Waals surface area contributed by atoms with Crippen molar-refractivity contribution in [1.29, 1.82) is 0 Å². The van der Waals surface area contributed by atoms with Gasteiger partial charge in [0.15, 0.2) is 0 Å². The van der Waals surface area contributed by atoms with E-state index in [1.807, 2.05) is 58.6 Å². The Balaban J connectivity index is 0.000000251. The third-order valence-corrected chi connectivity index (χ3v) is 14.6. The summed E-state index contributed by atoms with van der Waals surface area (Å²) in [5, 5.41) is 26.3. The number of nitrogens with zero attached hydrogens (tertiary/aromatic N) is 4. The molecule has 2 aromatic carbocycles. The van der Waals surface area contributed by atoms with Crippen LogP contribution in [0.1, 0.15) is 194 Å². The van der Waals surface area contributed by atoms with Crippen molar-refractivity contribution in [1.82, 2.24) is 19.8 Å². The van der Waals surface area contributed by atoms with Crippen LogP contribution in [0.2, 0.25) is 4.34 Å². The second kappa shape index (κ2) is 19.9. The van der Waals surface area contributed by atoms with Crippen molar-refractivity contribution < 1.29 is 29.3 Å². The number of hydrogen-bond donors (Lipinski definition) is 2. The van der Waals surface area contributed by atoms with Crippen molar-refractivity contribution >= 4 is 46.5 Å². The maximum atomic E-state index is 12.4. The van der Waals surface area contributed by atoms with Gasteiger partial charge in [0.05, 0.1) is 15.7 Å². The summed E-state index contributed by atoms with van der Waals surface area (Å²) in [5.41, 5.74) is 5.65. The molecule has 370 valence electrons. The number of aromatic hydroxyl groups is 2. The van der Waals surface area contributed by atoms with Gasteiger partial charge in [-0.1, -0.05) is 94.7 Å². The Bertz CT molecular complexity index is 2310. The summed E-state index contributed by atoms with van der Waals surface area (Å²) in [6, 6.07) is 8.24. The average Bonchev–Trinajstić information content (AvgIpc) is 3.83. The second-order valence-electron chi connectivity index (χ2n) is 24.6. The highest BCUT2D eigenvalue weighted by Crippen LogP contribution is 2.46. The number of phenolic OH excluding ortho intramolecular Hbond substituents is 2. The molecule has 2 N–H and O–H groups in total. The lowest BCUT2D eigenvalue weighted by molar-refractivity contribution is 0.0194. The SMILES string of the molecule is CC(C)(C)OC(=O)N1CCC(c2nc(-c3cc(C(C)(C)C)c(O)c(C(C)(C)C)c3)c(Cl)s2)CC1.CC(C)(C)OC(=O)N1CCC(c2nc(-c3cc(C(C)(C)C)c(O)c(C(C)(C)C)c3)cs2)CC1. The monoisotopic (exact) mass is 979 g/mol. The Morgan fingerprint density at radius 2 is 0.910 bits per heavy atom. The molecule has 0 saturated carbocycles. The molecule has 10 nitrogen and oxygen atoms in total. The first-order valence-electron chi connectivity index (χ1n) is 23.9. The van der Waals surface area contributed by atoms with Crippen molar-refractivity contribution in [3.63, 3.8) is 0 Å². The van der Waals surface area contributed by atoms with Gasteiger partial charge in [0, 0.05) is 76.8 Å². The molecule has 2 fully saturated rings. The smallest absolute Gasteiger partial charge is 0.410 e. The zero-order valence-corrected chi connectivity index (χ0v) is 46.1. The highest BCUT2D eigenvalue weighted by molar-refractivity contribution is 7.16. The molecule has 2 aliphatic heterocycles. The molecule has 4 aromatic rings. The molecule has 2 saturated heterocycles. The van der Waals surface area contributed by atoms with Crippen LogP contribution >= 0.6 is 34.3 Å². The summed E-state index contributed by atoms with van der Waals surface area (Å²) in [6.07, 6.45) is 2.97. The maximum absolute atomic E-state index is 12.4. The standard InChI is InChI=1S/C27H39ClN2O3S.C27H40N2O3S/c1-25(2,3)18-14-17(15-19(21(18)31)26(4,5)6)20-22(28)34-23(29-20)16-10-12-30(13-11-16)24(32)33-27(7,8)9;1-25(2,3)19-14-18(15-20(22(19)30)26(4,5)6)21-16-33-23(28-21)17-10-12-29(13-11-17)24(31)32-27(7,8)9/h14-16,31H,10-13H2,1-9H3;14-17,30H,10-13H2,1-9H3. The Hall–Kier alpha value is -3.87. The van der Waals surface area contributed by atoms with Gasteiger partial charge in [-0.2, -0.15) is 0 Å². The summed E-state index contributed by atoms with van der Waals surface area (Å²) >= 11 is 9.95. The number of benzene rings is 2. The molecule has 4 heterocycles. The van der Waals surface area contributed by atoms with E-state index < -0.39 is 11.2 Å². The summed E-state index contributed by atoms with van der Waals surface area (Å²) < 4.78 is 11.7. The van der Waals surface area contributed by atoms with Crippen molar-refractivity contribution in [3.8, 4) is 34.0 Å². The maximum Gasteiger partial charge on any atom is 0.410 e. The van der Waals surface area contributed by atoms with Gasteiger partial charge in [0.25, 0.3) is 0 Å². The minimum absolute atomic E-state index is 0.173. The van der Waals surface area contributed by atoms with Crippen LogP contribution in [0.15, 0.2) is 29.6 Å². The third-order valence-electron chi connectivity index (χ3n) is 12.1. The van der Waals surface area contributed by atoms with Gasteiger partial charge in [0.1, 0.15) is 32.7 Å². The Kier molecular flexibility index (Phi) is 16.0. The van der Waals surface area contributed by atoms with Crippen LogP contribution in [-0.2, 0) is 31.1 Å².